The van der Waals surface area contributed by atoms with Crippen LogP contribution in [0.4, 0.5) is 0 Å². The van der Waals surface area contributed by atoms with Crippen LogP contribution in [0.1, 0.15) is 41.2 Å². The second kappa shape index (κ2) is 7.59. The molecule has 0 saturated carbocycles. The van der Waals surface area contributed by atoms with Gasteiger partial charge in [-0.3, -0.25) is 9.59 Å². The Bertz CT molecular complexity index is 1070. The second-order valence-electron chi connectivity index (χ2n) is 6.85. The summed E-state index contributed by atoms with van der Waals surface area (Å²) in [6.45, 7) is 2.22. The summed E-state index contributed by atoms with van der Waals surface area (Å²) in [5.74, 6) is -0.928. The number of rotatable bonds is 4. The van der Waals surface area contributed by atoms with Gasteiger partial charge in [0.1, 0.15) is 5.69 Å². The minimum atomic E-state index is -0.928. The molecule has 0 radical (unpaired) electrons. The van der Waals surface area contributed by atoms with Gasteiger partial charge in [0.15, 0.2) is 6.10 Å². The zero-order chi connectivity index (χ0) is 19.7. The molecule has 0 bridgehead atoms. The number of pyridine rings is 1. The number of carbonyl (C=O) groups excluding carboxylic acids is 2. The maximum atomic E-state index is 12.9. The molecule has 1 saturated heterocycles. The van der Waals surface area contributed by atoms with Crippen molar-refractivity contribution in [2.45, 2.75) is 31.9 Å². The number of carbonyl (C=O) groups is 2. The Morgan fingerprint density at radius 2 is 2.07 bits per heavy atom. The lowest BCUT2D eigenvalue weighted by atomic mass is 10.1. The number of H-pyrrole nitrogens is 1. The molecule has 6 nitrogen and oxygen atoms in total. The van der Waals surface area contributed by atoms with Crippen LogP contribution in [0.3, 0.4) is 0 Å². The molecular formula is C21H20N2O4S. The number of hydrogen-bond donors (Lipinski definition) is 1. The van der Waals surface area contributed by atoms with Crippen LogP contribution in [-0.2, 0) is 9.53 Å². The highest BCUT2D eigenvalue weighted by atomic mass is 32.1. The van der Waals surface area contributed by atoms with Gasteiger partial charge in [0.25, 0.3) is 11.5 Å². The van der Waals surface area contributed by atoms with Gasteiger partial charge in [0, 0.05) is 16.8 Å². The van der Waals surface area contributed by atoms with E-state index in [9.17, 15) is 14.4 Å². The molecule has 1 fully saturated rings. The quantitative estimate of drug-likeness (QED) is 0.685. The average molecular weight is 396 g/mol. The van der Waals surface area contributed by atoms with Gasteiger partial charge in [-0.25, -0.2) is 4.79 Å². The van der Waals surface area contributed by atoms with Gasteiger partial charge in [-0.15, -0.1) is 11.3 Å². The van der Waals surface area contributed by atoms with Gasteiger partial charge in [-0.1, -0.05) is 24.3 Å². The van der Waals surface area contributed by atoms with Crippen molar-refractivity contribution in [2.24, 2.45) is 0 Å². The van der Waals surface area contributed by atoms with E-state index in [-0.39, 0.29) is 23.2 Å². The highest BCUT2D eigenvalue weighted by molar-refractivity contribution is 7.10. The van der Waals surface area contributed by atoms with Crippen LogP contribution in [-0.4, -0.2) is 34.4 Å². The van der Waals surface area contributed by atoms with Crippen molar-refractivity contribution in [2.75, 3.05) is 6.54 Å². The summed E-state index contributed by atoms with van der Waals surface area (Å²) in [7, 11) is 0. The lowest BCUT2D eigenvalue weighted by Gasteiger charge is -2.26. The predicted octanol–water partition coefficient (Wildman–Crippen LogP) is 3.50. The molecule has 1 aliphatic heterocycles. The summed E-state index contributed by atoms with van der Waals surface area (Å²) in [4.78, 5) is 43.0. The summed E-state index contributed by atoms with van der Waals surface area (Å²) in [6, 6.07) is 12.6. The molecule has 3 heterocycles. The Kier molecular flexibility index (Phi) is 5.00. The maximum absolute atomic E-state index is 12.9. The average Bonchev–Trinajstić information content (AvgIpc) is 3.38. The second-order valence-corrected chi connectivity index (χ2v) is 7.83. The van der Waals surface area contributed by atoms with E-state index in [1.54, 1.807) is 53.5 Å². The van der Waals surface area contributed by atoms with Crippen LogP contribution in [0.25, 0.3) is 10.8 Å². The third kappa shape index (κ3) is 3.45. The van der Waals surface area contributed by atoms with E-state index < -0.39 is 12.1 Å². The van der Waals surface area contributed by atoms with E-state index in [4.69, 9.17) is 4.74 Å². The van der Waals surface area contributed by atoms with Gasteiger partial charge in [0.2, 0.25) is 0 Å². The molecule has 144 valence electrons. The van der Waals surface area contributed by atoms with Crippen LogP contribution < -0.4 is 5.56 Å². The van der Waals surface area contributed by atoms with Crippen LogP contribution in [0.15, 0.2) is 52.6 Å². The topological polar surface area (TPSA) is 79.5 Å². The number of amides is 1. The molecule has 1 N–H and O–H groups in total. The van der Waals surface area contributed by atoms with Gasteiger partial charge in [0.05, 0.1) is 6.04 Å². The Labute approximate surface area is 165 Å². The zero-order valence-corrected chi connectivity index (χ0v) is 16.2. The first-order valence-electron chi connectivity index (χ1n) is 9.21. The van der Waals surface area contributed by atoms with Crippen molar-refractivity contribution < 1.29 is 14.3 Å². The minimum absolute atomic E-state index is 0.0362. The van der Waals surface area contributed by atoms with Crippen molar-refractivity contribution in [1.29, 1.82) is 0 Å². The summed E-state index contributed by atoms with van der Waals surface area (Å²) in [6.07, 6.45) is 0.903. The smallest absolute Gasteiger partial charge is 0.355 e. The molecule has 2 aromatic heterocycles. The van der Waals surface area contributed by atoms with Crippen LogP contribution >= 0.6 is 11.3 Å². The van der Waals surface area contributed by atoms with Crippen molar-refractivity contribution in [3.63, 3.8) is 0 Å². The van der Waals surface area contributed by atoms with E-state index in [2.05, 4.69) is 4.98 Å². The molecule has 1 aromatic carbocycles. The Hall–Kier alpha value is -2.93. The van der Waals surface area contributed by atoms with E-state index in [1.807, 2.05) is 17.5 Å². The molecule has 0 spiro atoms. The SMILES string of the molecule is C[C@H](OC(=O)c1cc2ccccc2c(=O)[nH]1)C(=O)N1CCC[C@H]1c1cccs1. The van der Waals surface area contributed by atoms with Gasteiger partial charge in [-0.2, -0.15) is 0 Å². The normalized spacial score (nSPS) is 17.6. The monoisotopic (exact) mass is 396 g/mol. The minimum Gasteiger partial charge on any atom is -0.448 e. The molecule has 7 heteroatoms. The van der Waals surface area contributed by atoms with Crippen LogP contribution in [0.2, 0.25) is 0 Å². The number of hydrogen-bond acceptors (Lipinski definition) is 5. The maximum Gasteiger partial charge on any atom is 0.355 e. The number of nitrogens with one attached hydrogen (secondary N) is 1. The largest absolute Gasteiger partial charge is 0.448 e. The molecule has 2 atom stereocenters. The zero-order valence-electron chi connectivity index (χ0n) is 15.4. The number of thiophene rings is 1. The highest BCUT2D eigenvalue weighted by Crippen LogP contribution is 2.35. The first-order valence-corrected chi connectivity index (χ1v) is 10.1. The number of aromatic nitrogens is 1. The van der Waals surface area contributed by atoms with Gasteiger partial charge < -0.3 is 14.6 Å². The molecule has 1 aliphatic rings. The Balaban J connectivity index is 1.50. The number of aromatic amines is 1. The molecule has 4 rings (SSSR count). The van der Waals surface area contributed by atoms with Crippen LogP contribution in [0, 0.1) is 0 Å². The number of esters is 1. The molecular weight excluding hydrogens is 376 g/mol. The predicted molar refractivity (Wildman–Crippen MR) is 107 cm³/mol. The van der Waals surface area contributed by atoms with Crippen LogP contribution in [0.5, 0.6) is 0 Å². The van der Waals surface area contributed by atoms with E-state index >= 15 is 0 Å². The lowest BCUT2D eigenvalue weighted by Crippen LogP contribution is -2.39. The number of fused-ring (bicyclic) bond motifs is 1. The third-order valence-electron chi connectivity index (χ3n) is 5.01. The number of likely N-dealkylation sites (tertiary alicyclic amines) is 1. The molecule has 28 heavy (non-hydrogen) atoms. The molecule has 1 amide bonds. The summed E-state index contributed by atoms with van der Waals surface area (Å²) in [5, 5.41) is 3.14. The number of ether oxygens (including phenoxy) is 1. The van der Waals surface area contributed by atoms with E-state index in [0.29, 0.717) is 17.3 Å². The first-order chi connectivity index (χ1) is 13.5. The van der Waals surface area contributed by atoms with Crippen molar-refractivity contribution in [3.8, 4) is 0 Å². The van der Waals surface area contributed by atoms with Gasteiger partial charge >= 0.3 is 5.97 Å². The van der Waals surface area contributed by atoms with E-state index in [1.165, 1.54) is 0 Å². The first kappa shape index (κ1) is 18.4. The Morgan fingerprint density at radius 1 is 1.25 bits per heavy atom. The third-order valence-corrected chi connectivity index (χ3v) is 5.99. The molecule has 0 unspecified atom stereocenters. The van der Waals surface area contributed by atoms with Crippen molar-refractivity contribution in [1.82, 2.24) is 9.88 Å². The fourth-order valence-corrected chi connectivity index (χ4v) is 4.51. The van der Waals surface area contributed by atoms with Crippen molar-refractivity contribution >= 4 is 34.0 Å². The summed E-state index contributed by atoms with van der Waals surface area (Å²) in [5.41, 5.74) is -0.319. The van der Waals surface area contributed by atoms with Gasteiger partial charge in [-0.05, 0) is 48.7 Å². The number of benzene rings is 1. The fourth-order valence-electron chi connectivity index (χ4n) is 3.64. The lowest BCUT2D eigenvalue weighted by molar-refractivity contribution is -0.140. The van der Waals surface area contributed by atoms with E-state index in [0.717, 1.165) is 17.7 Å². The summed E-state index contributed by atoms with van der Waals surface area (Å²) >= 11 is 1.63. The number of nitrogens with zero attached hydrogens (tertiary/aromatic N) is 1. The van der Waals surface area contributed by atoms with Crippen molar-refractivity contribution in [3.05, 3.63) is 68.8 Å². The highest BCUT2D eigenvalue weighted by Gasteiger charge is 2.34. The molecule has 3 aromatic rings. The summed E-state index contributed by atoms with van der Waals surface area (Å²) < 4.78 is 5.38. The molecule has 0 aliphatic carbocycles. The Morgan fingerprint density at radius 3 is 2.86 bits per heavy atom. The fraction of sp³-hybridized carbons (Fsp3) is 0.286. The standard InChI is InChI=1S/C21H20N2O4S/c1-13(20(25)23-10-4-8-17(23)18-9-5-11-28-18)27-21(26)16-12-14-6-2-3-7-15(14)19(24)22-16/h2-3,5-7,9,11-13,17H,4,8,10H2,1H3,(H,22,24)/t13-,17-/m0/s1.